The van der Waals surface area contributed by atoms with Crippen molar-refractivity contribution in [3.05, 3.63) is 17.5 Å². The van der Waals surface area contributed by atoms with Gasteiger partial charge in [0.05, 0.1) is 17.4 Å². The molecule has 1 saturated carbocycles. The van der Waals surface area contributed by atoms with E-state index in [0.717, 1.165) is 18.9 Å². The fraction of sp³-hybridized carbons (Fsp3) is 0.812. The molecule has 3 unspecified atom stereocenters. The van der Waals surface area contributed by atoms with Crippen LogP contribution in [0.5, 0.6) is 0 Å². The van der Waals surface area contributed by atoms with Crippen molar-refractivity contribution in [2.45, 2.75) is 71.9 Å². The normalized spacial score (nSPS) is 24.8. The summed E-state index contributed by atoms with van der Waals surface area (Å²) >= 11 is 0. The third-order valence-corrected chi connectivity index (χ3v) is 4.89. The van der Waals surface area contributed by atoms with Crippen molar-refractivity contribution in [2.75, 3.05) is 0 Å². The first-order valence-electron chi connectivity index (χ1n) is 8.26. The molecule has 1 heterocycles. The molecule has 20 heavy (non-hydrogen) atoms. The Bertz CT molecular complexity index is 413. The number of rotatable bonds is 6. The van der Waals surface area contributed by atoms with Gasteiger partial charge in [0.1, 0.15) is 0 Å². The minimum atomic E-state index is 0.247. The summed E-state index contributed by atoms with van der Waals surface area (Å²) < 4.78 is 2.12. The summed E-state index contributed by atoms with van der Waals surface area (Å²) in [5.74, 6) is 7.42. The first-order chi connectivity index (χ1) is 9.73. The van der Waals surface area contributed by atoms with Crippen LogP contribution in [0.1, 0.15) is 70.3 Å². The Morgan fingerprint density at radius 1 is 1.40 bits per heavy atom. The van der Waals surface area contributed by atoms with E-state index in [1.807, 2.05) is 0 Å². The van der Waals surface area contributed by atoms with Crippen LogP contribution < -0.4 is 11.3 Å². The first kappa shape index (κ1) is 15.5. The predicted octanol–water partition coefficient (Wildman–Crippen LogP) is 3.19. The molecule has 1 aromatic heterocycles. The van der Waals surface area contributed by atoms with Crippen molar-refractivity contribution in [1.29, 1.82) is 0 Å². The molecule has 1 aliphatic carbocycles. The molecular formula is C16H30N4. The molecule has 0 radical (unpaired) electrons. The summed E-state index contributed by atoms with van der Waals surface area (Å²) in [5.41, 5.74) is 5.53. The number of nitrogens with two attached hydrogens (primary N) is 1. The molecule has 4 heteroatoms. The van der Waals surface area contributed by atoms with Crippen molar-refractivity contribution in [3.8, 4) is 0 Å². The van der Waals surface area contributed by atoms with Gasteiger partial charge in [0, 0.05) is 6.54 Å². The lowest BCUT2D eigenvalue weighted by atomic mass is 9.76. The standard InChI is InChI=1S/C16H30N4/c1-4-12-8-7-9-13(10-12)16(18-17)15-11-14(5-2)19-20(15)6-3/h11-13,16,18H,4-10,17H2,1-3H3. The van der Waals surface area contributed by atoms with Gasteiger partial charge in [-0.3, -0.25) is 16.0 Å². The van der Waals surface area contributed by atoms with Crippen LogP contribution in [0.25, 0.3) is 0 Å². The molecule has 3 atom stereocenters. The van der Waals surface area contributed by atoms with E-state index in [2.05, 4.69) is 42.0 Å². The van der Waals surface area contributed by atoms with Crippen LogP contribution >= 0.6 is 0 Å². The van der Waals surface area contributed by atoms with Crippen LogP contribution in [0, 0.1) is 11.8 Å². The molecular weight excluding hydrogens is 248 g/mol. The van der Waals surface area contributed by atoms with E-state index in [9.17, 15) is 0 Å². The van der Waals surface area contributed by atoms with E-state index < -0.39 is 0 Å². The minimum absolute atomic E-state index is 0.247. The monoisotopic (exact) mass is 278 g/mol. The lowest BCUT2D eigenvalue weighted by molar-refractivity contribution is 0.204. The van der Waals surface area contributed by atoms with E-state index in [4.69, 9.17) is 5.84 Å². The van der Waals surface area contributed by atoms with E-state index in [0.29, 0.717) is 5.92 Å². The largest absolute Gasteiger partial charge is 0.271 e. The van der Waals surface area contributed by atoms with Gasteiger partial charge in [-0.15, -0.1) is 0 Å². The Balaban J connectivity index is 2.20. The molecule has 2 rings (SSSR count). The molecule has 0 aliphatic heterocycles. The van der Waals surface area contributed by atoms with Gasteiger partial charge in [-0.25, -0.2) is 0 Å². The second kappa shape index (κ2) is 7.23. The molecule has 114 valence electrons. The Labute approximate surface area is 123 Å². The fourth-order valence-electron chi connectivity index (χ4n) is 3.63. The van der Waals surface area contributed by atoms with Crippen LogP contribution in [0.15, 0.2) is 6.07 Å². The summed E-state index contributed by atoms with van der Waals surface area (Å²) in [4.78, 5) is 0. The van der Waals surface area contributed by atoms with E-state index in [1.165, 1.54) is 43.5 Å². The van der Waals surface area contributed by atoms with Crippen molar-refractivity contribution in [1.82, 2.24) is 15.2 Å². The maximum absolute atomic E-state index is 5.91. The molecule has 0 spiro atoms. The maximum Gasteiger partial charge on any atom is 0.0657 e. The van der Waals surface area contributed by atoms with Crippen molar-refractivity contribution >= 4 is 0 Å². The smallest absolute Gasteiger partial charge is 0.0657 e. The number of aryl methyl sites for hydroxylation is 2. The summed E-state index contributed by atoms with van der Waals surface area (Å²) in [6.45, 7) is 7.53. The molecule has 4 nitrogen and oxygen atoms in total. The van der Waals surface area contributed by atoms with Gasteiger partial charge in [0.25, 0.3) is 0 Å². The average molecular weight is 278 g/mol. The number of hydrazine groups is 1. The highest BCUT2D eigenvalue weighted by atomic mass is 15.3. The lowest BCUT2D eigenvalue weighted by Crippen LogP contribution is -2.37. The van der Waals surface area contributed by atoms with Gasteiger partial charge >= 0.3 is 0 Å². The predicted molar refractivity (Wildman–Crippen MR) is 83.1 cm³/mol. The zero-order valence-electron chi connectivity index (χ0n) is 13.2. The van der Waals surface area contributed by atoms with Crippen molar-refractivity contribution in [2.24, 2.45) is 17.7 Å². The van der Waals surface area contributed by atoms with Crippen molar-refractivity contribution in [3.63, 3.8) is 0 Å². The van der Waals surface area contributed by atoms with Gasteiger partial charge in [-0.1, -0.05) is 33.1 Å². The number of aromatic nitrogens is 2. The van der Waals surface area contributed by atoms with Gasteiger partial charge in [0.15, 0.2) is 0 Å². The molecule has 1 fully saturated rings. The Kier molecular flexibility index (Phi) is 5.61. The zero-order valence-corrected chi connectivity index (χ0v) is 13.2. The van der Waals surface area contributed by atoms with E-state index >= 15 is 0 Å². The van der Waals surface area contributed by atoms with Crippen LogP contribution in [0.2, 0.25) is 0 Å². The average Bonchev–Trinajstić information content (AvgIpc) is 2.91. The van der Waals surface area contributed by atoms with Gasteiger partial charge in [0.2, 0.25) is 0 Å². The zero-order chi connectivity index (χ0) is 14.5. The Morgan fingerprint density at radius 2 is 2.20 bits per heavy atom. The SMILES string of the molecule is CCc1cc(C(NN)C2CCCC(CC)C2)n(CC)n1. The second-order valence-electron chi connectivity index (χ2n) is 6.08. The number of nitrogens with zero attached hydrogens (tertiary/aromatic N) is 2. The maximum atomic E-state index is 5.91. The third kappa shape index (κ3) is 3.23. The summed E-state index contributed by atoms with van der Waals surface area (Å²) in [5, 5.41) is 4.67. The Hall–Kier alpha value is -0.870. The second-order valence-corrected chi connectivity index (χ2v) is 6.08. The quantitative estimate of drug-likeness (QED) is 0.620. The van der Waals surface area contributed by atoms with Crippen LogP contribution in [0.4, 0.5) is 0 Å². The van der Waals surface area contributed by atoms with E-state index in [1.54, 1.807) is 0 Å². The highest BCUT2D eigenvalue weighted by Gasteiger charge is 2.30. The molecule has 0 saturated heterocycles. The number of hydrogen-bond donors (Lipinski definition) is 2. The van der Waals surface area contributed by atoms with Gasteiger partial charge in [-0.2, -0.15) is 5.10 Å². The topological polar surface area (TPSA) is 55.9 Å². The Morgan fingerprint density at radius 3 is 2.80 bits per heavy atom. The van der Waals surface area contributed by atoms with Gasteiger partial charge in [-0.05, 0) is 44.1 Å². The van der Waals surface area contributed by atoms with Crippen LogP contribution in [-0.4, -0.2) is 9.78 Å². The minimum Gasteiger partial charge on any atom is -0.271 e. The fourth-order valence-corrected chi connectivity index (χ4v) is 3.63. The molecule has 0 amide bonds. The van der Waals surface area contributed by atoms with Crippen LogP contribution in [-0.2, 0) is 13.0 Å². The molecule has 0 bridgehead atoms. The highest BCUT2D eigenvalue weighted by Crippen LogP contribution is 2.38. The first-order valence-corrected chi connectivity index (χ1v) is 8.26. The third-order valence-electron chi connectivity index (χ3n) is 4.89. The van der Waals surface area contributed by atoms with Crippen molar-refractivity contribution < 1.29 is 0 Å². The summed E-state index contributed by atoms with van der Waals surface area (Å²) in [6.07, 6.45) is 7.57. The summed E-state index contributed by atoms with van der Waals surface area (Å²) in [6, 6.07) is 2.49. The molecule has 0 aromatic carbocycles. The molecule has 1 aliphatic rings. The van der Waals surface area contributed by atoms with Crippen LogP contribution in [0.3, 0.4) is 0 Å². The molecule has 1 aromatic rings. The van der Waals surface area contributed by atoms with Gasteiger partial charge < -0.3 is 0 Å². The number of hydrogen-bond acceptors (Lipinski definition) is 3. The molecule has 3 N–H and O–H groups in total. The lowest BCUT2D eigenvalue weighted by Gasteiger charge is -2.34. The summed E-state index contributed by atoms with van der Waals surface area (Å²) in [7, 11) is 0. The van der Waals surface area contributed by atoms with E-state index in [-0.39, 0.29) is 6.04 Å². The number of nitrogens with one attached hydrogen (secondary N) is 1. The highest BCUT2D eigenvalue weighted by molar-refractivity contribution is 5.15.